The molecule has 0 spiro atoms. The molecule has 0 saturated carbocycles. The van der Waals surface area contributed by atoms with E-state index in [1.165, 1.54) is 22.3 Å². The van der Waals surface area contributed by atoms with Gasteiger partial charge in [0, 0.05) is 41.5 Å². The molecule has 0 fully saturated rings. The molecule has 0 aliphatic heterocycles. The number of hydrogen-bond donors (Lipinski definition) is 0. The van der Waals surface area contributed by atoms with Gasteiger partial charge >= 0.3 is 0 Å². The molecule has 3 aromatic carbocycles. The van der Waals surface area contributed by atoms with Crippen molar-refractivity contribution in [2.75, 3.05) is 0 Å². The van der Waals surface area contributed by atoms with Crippen LogP contribution < -0.4 is 0 Å². The molecule has 0 radical (unpaired) electrons. The summed E-state index contributed by atoms with van der Waals surface area (Å²) in [7, 11) is 0. The third kappa shape index (κ3) is 5.27. The van der Waals surface area contributed by atoms with Crippen LogP contribution >= 0.6 is 0 Å². The predicted molar refractivity (Wildman–Crippen MR) is 178 cm³/mol. The van der Waals surface area contributed by atoms with Gasteiger partial charge in [0.05, 0.1) is 34.9 Å². The Labute approximate surface area is 259 Å². The number of pyridine rings is 2. The molecule has 6 aromatic rings. The van der Waals surface area contributed by atoms with E-state index < -0.39 is 0 Å². The van der Waals surface area contributed by atoms with Crippen LogP contribution in [0.3, 0.4) is 0 Å². The zero-order valence-corrected chi connectivity index (χ0v) is 25.9. The highest BCUT2D eigenvalue weighted by Gasteiger charge is 2.19. The fourth-order valence-electron chi connectivity index (χ4n) is 6.50. The highest BCUT2D eigenvalue weighted by atomic mass is 14.8. The van der Waals surface area contributed by atoms with Crippen LogP contribution in [0.5, 0.6) is 0 Å². The normalized spacial score (nSPS) is 10.9. The van der Waals surface area contributed by atoms with E-state index in [0.29, 0.717) is 5.56 Å². The summed E-state index contributed by atoms with van der Waals surface area (Å²) in [5.74, 6) is 0. The molecule has 5 heteroatoms. The van der Waals surface area contributed by atoms with Gasteiger partial charge in [-0.05, 0) is 158 Å². The van der Waals surface area contributed by atoms with Gasteiger partial charge in [0.15, 0.2) is 0 Å². The highest BCUT2D eigenvalue weighted by molar-refractivity contribution is 5.85. The van der Waals surface area contributed by atoms with E-state index in [1.54, 1.807) is 0 Å². The first-order valence-electron chi connectivity index (χ1n) is 14.7. The van der Waals surface area contributed by atoms with Crippen LogP contribution in [-0.2, 0) is 0 Å². The Hall–Kier alpha value is -5.47. The summed E-state index contributed by atoms with van der Waals surface area (Å²) in [5.41, 5.74) is 17.5. The van der Waals surface area contributed by atoms with Crippen LogP contribution in [0.2, 0.25) is 0 Å². The van der Waals surface area contributed by atoms with Gasteiger partial charge in [-0.2, -0.15) is 5.26 Å². The second-order valence-electron chi connectivity index (χ2n) is 11.5. The average Bonchev–Trinajstić information content (AvgIpc) is 3.01. The molecule has 214 valence electrons. The van der Waals surface area contributed by atoms with E-state index in [1.807, 2.05) is 81.2 Å². The molecule has 0 saturated heterocycles. The maximum atomic E-state index is 9.51. The molecule has 0 aliphatic rings. The zero-order valence-electron chi connectivity index (χ0n) is 25.9. The van der Waals surface area contributed by atoms with E-state index >= 15 is 0 Å². The summed E-state index contributed by atoms with van der Waals surface area (Å²) in [6, 6.07) is 23.1. The zero-order chi connectivity index (χ0) is 31.0. The molecule has 0 aliphatic carbocycles. The molecule has 5 nitrogen and oxygen atoms in total. The van der Waals surface area contributed by atoms with Gasteiger partial charge in [0.25, 0.3) is 0 Å². The van der Waals surface area contributed by atoms with Crippen molar-refractivity contribution in [2.45, 2.75) is 41.5 Å². The van der Waals surface area contributed by atoms with Crippen molar-refractivity contribution in [1.82, 2.24) is 19.9 Å². The van der Waals surface area contributed by atoms with E-state index in [2.05, 4.69) is 68.0 Å². The molecular formula is C39H33N5. The van der Waals surface area contributed by atoms with Crippen molar-refractivity contribution in [3.05, 3.63) is 131 Å². The number of nitriles is 1. The average molecular weight is 572 g/mol. The van der Waals surface area contributed by atoms with Gasteiger partial charge in [-0.15, -0.1) is 0 Å². The Balaban J connectivity index is 1.58. The third-order valence-electron chi connectivity index (χ3n) is 8.24. The van der Waals surface area contributed by atoms with Gasteiger partial charge < -0.3 is 0 Å². The van der Waals surface area contributed by atoms with Gasteiger partial charge in [-0.3, -0.25) is 15.0 Å². The fraction of sp³-hybridized carbons (Fsp3) is 0.154. The lowest BCUT2D eigenvalue weighted by Gasteiger charge is -2.18. The van der Waals surface area contributed by atoms with Crippen LogP contribution in [0.15, 0.2) is 91.6 Å². The summed E-state index contributed by atoms with van der Waals surface area (Å²) in [6.07, 6.45) is 9.19. The number of nitrogens with zero attached hydrogens (tertiary/aromatic N) is 5. The highest BCUT2D eigenvalue weighted by Crippen LogP contribution is 2.39. The number of benzene rings is 3. The lowest BCUT2D eigenvalue weighted by atomic mass is 9.90. The fourth-order valence-corrected chi connectivity index (χ4v) is 6.50. The number of aryl methyl sites for hydroxylation is 6. The largest absolute Gasteiger partial charge is 0.265 e. The predicted octanol–water partition coefficient (Wildman–Crippen LogP) is 9.32. The molecule has 0 unspecified atom stereocenters. The second-order valence-corrected chi connectivity index (χ2v) is 11.5. The minimum atomic E-state index is 0.645. The lowest BCUT2D eigenvalue weighted by Crippen LogP contribution is -2.01. The van der Waals surface area contributed by atoms with E-state index in [-0.39, 0.29) is 0 Å². The van der Waals surface area contributed by atoms with E-state index in [9.17, 15) is 5.26 Å². The second kappa shape index (κ2) is 11.7. The molecule has 44 heavy (non-hydrogen) atoms. The van der Waals surface area contributed by atoms with Crippen molar-refractivity contribution in [2.24, 2.45) is 0 Å². The third-order valence-corrected chi connectivity index (χ3v) is 8.24. The number of rotatable bonds is 5. The Kier molecular flexibility index (Phi) is 7.59. The first-order chi connectivity index (χ1) is 21.2. The minimum absolute atomic E-state index is 0.645. The molecule has 0 N–H and O–H groups in total. The minimum Gasteiger partial charge on any atom is -0.265 e. The molecular weight excluding hydrogens is 538 g/mol. The Morgan fingerprint density at radius 2 is 0.909 bits per heavy atom. The van der Waals surface area contributed by atoms with Crippen molar-refractivity contribution >= 4 is 0 Å². The molecule has 3 heterocycles. The smallest absolute Gasteiger partial charge is 0.0991 e. The van der Waals surface area contributed by atoms with Crippen molar-refractivity contribution < 1.29 is 0 Å². The maximum absolute atomic E-state index is 9.51. The quantitative estimate of drug-likeness (QED) is 0.206. The van der Waals surface area contributed by atoms with Crippen molar-refractivity contribution in [3.8, 4) is 62.1 Å². The summed E-state index contributed by atoms with van der Waals surface area (Å²) in [6.45, 7) is 12.7. The van der Waals surface area contributed by atoms with E-state index in [4.69, 9.17) is 9.97 Å². The van der Waals surface area contributed by atoms with Crippen LogP contribution in [-0.4, -0.2) is 19.9 Å². The van der Waals surface area contributed by atoms with Gasteiger partial charge in [0.1, 0.15) is 0 Å². The topological polar surface area (TPSA) is 75.3 Å². The van der Waals surface area contributed by atoms with Crippen molar-refractivity contribution in [3.63, 3.8) is 0 Å². The summed E-state index contributed by atoms with van der Waals surface area (Å²) in [5, 5.41) is 9.51. The van der Waals surface area contributed by atoms with E-state index in [0.717, 1.165) is 67.2 Å². The molecule has 0 atom stereocenters. The van der Waals surface area contributed by atoms with Crippen molar-refractivity contribution in [1.29, 1.82) is 5.26 Å². The molecule has 3 aromatic heterocycles. The Morgan fingerprint density at radius 3 is 1.34 bits per heavy atom. The van der Waals surface area contributed by atoms with Crippen LogP contribution in [0.1, 0.15) is 38.9 Å². The first-order valence-corrected chi connectivity index (χ1v) is 14.7. The molecule has 6 rings (SSSR count). The first kappa shape index (κ1) is 28.6. The molecule has 0 bridgehead atoms. The van der Waals surface area contributed by atoms with Crippen LogP contribution in [0, 0.1) is 52.9 Å². The van der Waals surface area contributed by atoms with Crippen LogP contribution in [0.4, 0.5) is 0 Å². The monoisotopic (exact) mass is 571 g/mol. The maximum Gasteiger partial charge on any atom is 0.0991 e. The SMILES string of the molecule is Cc1cc(-c2ncc(-c3c(C)cc(C#N)cc3C)nc2-c2cc(C)c(-c3ccncc3)c(C)c2)cc(C)c1-c1ccncc1. The molecule has 0 amide bonds. The van der Waals surface area contributed by atoms with Gasteiger partial charge in [-0.1, -0.05) is 0 Å². The lowest BCUT2D eigenvalue weighted by molar-refractivity contribution is 1.19. The Bertz CT molecular complexity index is 2000. The van der Waals surface area contributed by atoms with Crippen LogP contribution in [0.25, 0.3) is 56.0 Å². The summed E-state index contributed by atoms with van der Waals surface area (Å²) < 4.78 is 0. The van der Waals surface area contributed by atoms with Gasteiger partial charge in [0.2, 0.25) is 0 Å². The summed E-state index contributed by atoms with van der Waals surface area (Å²) in [4.78, 5) is 18.8. The van der Waals surface area contributed by atoms with Gasteiger partial charge in [-0.25, -0.2) is 4.98 Å². The summed E-state index contributed by atoms with van der Waals surface area (Å²) >= 11 is 0. The number of aromatic nitrogens is 4. The number of hydrogen-bond acceptors (Lipinski definition) is 5. The Morgan fingerprint density at radius 1 is 0.500 bits per heavy atom. The standard InChI is InChI=1S/C39H33N5/c1-23-15-29(21-40)16-24(2)37(23)34-22-43-38(32-17-25(3)35(26(4)18-32)30-7-11-41-12-8-30)39(44-34)33-19-27(5)36(28(6)20-33)31-9-13-42-14-10-31/h7-20,22H,1-6H3.